The standard InChI is InChI=1S/C17H19N3O3/c1-2-20-15(8-9-18-20)16(21)19-10-13(14(11-19)17(22)23)12-6-4-3-5-7-12/h3-9,13-14H,2,10-11H2,1H3,(H,22,23)/t13-,14+/m1/s1. The van der Waals surface area contributed by atoms with Crippen molar-refractivity contribution in [2.45, 2.75) is 19.4 Å². The molecule has 1 saturated heterocycles. The lowest BCUT2D eigenvalue weighted by Crippen LogP contribution is -2.31. The summed E-state index contributed by atoms with van der Waals surface area (Å²) in [7, 11) is 0. The van der Waals surface area contributed by atoms with Crippen molar-refractivity contribution in [2.75, 3.05) is 13.1 Å². The fourth-order valence-corrected chi connectivity index (χ4v) is 3.19. The van der Waals surface area contributed by atoms with Crippen LogP contribution in [0.15, 0.2) is 42.6 Å². The average molecular weight is 313 g/mol. The van der Waals surface area contributed by atoms with E-state index in [1.807, 2.05) is 37.3 Å². The van der Waals surface area contributed by atoms with E-state index in [0.717, 1.165) is 5.56 Å². The number of hydrogen-bond acceptors (Lipinski definition) is 3. The van der Waals surface area contributed by atoms with Crippen LogP contribution in [-0.4, -0.2) is 44.8 Å². The largest absolute Gasteiger partial charge is 0.481 e. The number of carbonyl (C=O) groups excluding carboxylic acids is 1. The highest BCUT2D eigenvalue weighted by Gasteiger charge is 2.41. The van der Waals surface area contributed by atoms with Gasteiger partial charge in [-0.3, -0.25) is 14.3 Å². The van der Waals surface area contributed by atoms with Crippen LogP contribution in [0.2, 0.25) is 0 Å². The molecule has 2 atom stereocenters. The van der Waals surface area contributed by atoms with Crippen molar-refractivity contribution in [1.82, 2.24) is 14.7 Å². The van der Waals surface area contributed by atoms with E-state index < -0.39 is 11.9 Å². The van der Waals surface area contributed by atoms with Gasteiger partial charge in [-0.25, -0.2) is 0 Å². The normalized spacial score (nSPS) is 20.7. The highest BCUT2D eigenvalue weighted by Crippen LogP contribution is 2.33. The van der Waals surface area contributed by atoms with Crippen molar-refractivity contribution in [2.24, 2.45) is 5.92 Å². The molecule has 1 amide bonds. The molecule has 0 unspecified atom stereocenters. The number of rotatable bonds is 4. The van der Waals surface area contributed by atoms with Crippen molar-refractivity contribution < 1.29 is 14.7 Å². The number of carboxylic acid groups (broad SMARTS) is 1. The molecule has 0 bridgehead atoms. The number of aromatic nitrogens is 2. The fraction of sp³-hybridized carbons (Fsp3) is 0.353. The maximum atomic E-state index is 12.7. The smallest absolute Gasteiger partial charge is 0.308 e. The molecule has 1 aliphatic heterocycles. The first-order valence-electron chi connectivity index (χ1n) is 7.70. The van der Waals surface area contributed by atoms with E-state index in [9.17, 15) is 14.7 Å². The van der Waals surface area contributed by atoms with Gasteiger partial charge in [-0.1, -0.05) is 30.3 Å². The molecule has 1 fully saturated rings. The molecule has 2 heterocycles. The molecular formula is C17H19N3O3. The second kappa shape index (κ2) is 6.24. The van der Waals surface area contributed by atoms with Crippen LogP contribution in [0.1, 0.15) is 28.9 Å². The Morgan fingerprint density at radius 3 is 2.61 bits per heavy atom. The molecule has 120 valence electrons. The second-order valence-corrected chi connectivity index (χ2v) is 5.70. The van der Waals surface area contributed by atoms with Gasteiger partial charge in [0.1, 0.15) is 5.69 Å². The quantitative estimate of drug-likeness (QED) is 0.934. The molecule has 1 aliphatic rings. The van der Waals surface area contributed by atoms with Gasteiger partial charge in [0.05, 0.1) is 5.92 Å². The molecule has 1 aromatic carbocycles. The van der Waals surface area contributed by atoms with Crippen LogP contribution >= 0.6 is 0 Å². The van der Waals surface area contributed by atoms with Crippen LogP contribution < -0.4 is 0 Å². The maximum Gasteiger partial charge on any atom is 0.308 e. The number of aryl methyl sites for hydroxylation is 1. The third-order valence-electron chi connectivity index (χ3n) is 4.39. The topological polar surface area (TPSA) is 75.4 Å². The highest BCUT2D eigenvalue weighted by molar-refractivity contribution is 5.93. The Labute approximate surface area is 134 Å². The van der Waals surface area contributed by atoms with Crippen LogP contribution in [0.25, 0.3) is 0 Å². The van der Waals surface area contributed by atoms with Crippen molar-refractivity contribution in [1.29, 1.82) is 0 Å². The van der Waals surface area contributed by atoms with Gasteiger partial charge in [-0.2, -0.15) is 5.10 Å². The van der Waals surface area contributed by atoms with Crippen molar-refractivity contribution in [3.05, 3.63) is 53.9 Å². The monoisotopic (exact) mass is 313 g/mol. The van der Waals surface area contributed by atoms with E-state index in [4.69, 9.17) is 0 Å². The van der Waals surface area contributed by atoms with Gasteiger partial charge in [0, 0.05) is 31.7 Å². The number of likely N-dealkylation sites (tertiary alicyclic amines) is 1. The van der Waals surface area contributed by atoms with E-state index in [-0.39, 0.29) is 18.4 Å². The lowest BCUT2D eigenvalue weighted by Gasteiger charge is -2.17. The summed E-state index contributed by atoms with van der Waals surface area (Å²) in [4.78, 5) is 25.9. The summed E-state index contributed by atoms with van der Waals surface area (Å²) in [6.07, 6.45) is 1.59. The molecule has 1 N–H and O–H groups in total. The molecule has 0 spiro atoms. The zero-order valence-corrected chi connectivity index (χ0v) is 12.9. The molecule has 23 heavy (non-hydrogen) atoms. The molecule has 2 aromatic rings. The van der Waals surface area contributed by atoms with Crippen LogP contribution in [0.4, 0.5) is 0 Å². The van der Waals surface area contributed by atoms with Crippen LogP contribution in [0.3, 0.4) is 0 Å². The minimum atomic E-state index is -0.863. The number of aliphatic carboxylic acids is 1. The number of carbonyl (C=O) groups is 2. The fourth-order valence-electron chi connectivity index (χ4n) is 3.19. The number of carboxylic acids is 1. The third-order valence-corrected chi connectivity index (χ3v) is 4.39. The van der Waals surface area contributed by atoms with Gasteiger partial charge < -0.3 is 10.0 Å². The van der Waals surface area contributed by atoms with Gasteiger partial charge in [0.15, 0.2) is 0 Å². The Kier molecular flexibility index (Phi) is 4.14. The predicted octanol–water partition coefficient (Wildman–Crippen LogP) is 1.84. The minimum Gasteiger partial charge on any atom is -0.481 e. The summed E-state index contributed by atoms with van der Waals surface area (Å²) in [5.74, 6) is -1.79. The van der Waals surface area contributed by atoms with Crippen LogP contribution in [0.5, 0.6) is 0 Å². The zero-order valence-electron chi connectivity index (χ0n) is 12.9. The molecule has 1 aromatic heterocycles. The Hall–Kier alpha value is -2.63. The molecule has 0 saturated carbocycles. The number of benzene rings is 1. The van der Waals surface area contributed by atoms with Crippen molar-refractivity contribution in [3.63, 3.8) is 0 Å². The maximum absolute atomic E-state index is 12.7. The van der Waals surface area contributed by atoms with Crippen LogP contribution in [-0.2, 0) is 11.3 Å². The summed E-state index contributed by atoms with van der Waals surface area (Å²) in [5, 5.41) is 13.6. The number of hydrogen-bond donors (Lipinski definition) is 1. The molecule has 6 nitrogen and oxygen atoms in total. The Morgan fingerprint density at radius 1 is 1.22 bits per heavy atom. The summed E-state index contributed by atoms with van der Waals surface area (Å²) >= 11 is 0. The van der Waals surface area contributed by atoms with Gasteiger partial charge in [0.2, 0.25) is 0 Å². The molecule has 0 aliphatic carbocycles. The van der Waals surface area contributed by atoms with E-state index in [1.54, 1.807) is 21.8 Å². The summed E-state index contributed by atoms with van der Waals surface area (Å²) in [6, 6.07) is 11.2. The molecule has 0 radical (unpaired) electrons. The molecular weight excluding hydrogens is 294 g/mol. The average Bonchev–Trinajstić information content (AvgIpc) is 3.22. The number of nitrogens with zero attached hydrogens (tertiary/aromatic N) is 3. The van der Waals surface area contributed by atoms with E-state index in [2.05, 4.69) is 5.10 Å². The summed E-state index contributed by atoms with van der Waals surface area (Å²) in [5.41, 5.74) is 1.46. The first kappa shape index (κ1) is 15.3. The van der Waals surface area contributed by atoms with Gasteiger partial charge in [-0.15, -0.1) is 0 Å². The predicted molar refractivity (Wildman–Crippen MR) is 84.1 cm³/mol. The van der Waals surface area contributed by atoms with Gasteiger partial charge >= 0.3 is 5.97 Å². The van der Waals surface area contributed by atoms with E-state index in [0.29, 0.717) is 18.8 Å². The zero-order chi connectivity index (χ0) is 16.4. The second-order valence-electron chi connectivity index (χ2n) is 5.70. The lowest BCUT2D eigenvalue weighted by molar-refractivity contribution is -0.141. The first-order chi connectivity index (χ1) is 11.1. The van der Waals surface area contributed by atoms with E-state index >= 15 is 0 Å². The van der Waals surface area contributed by atoms with Crippen LogP contribution in [0, 0.1) is 5.92 Å². The Morgan fingerprint density at radius 2 is 1.96 bits per heavy atom. The highest BCUT2D eigenvalue weighted by atomic mass is 16.4. The summed E-state index contributed by atoms with van der Waals surface area (Å²) < 4.78 is 1.63. The minimum absolute atomic E-state index is 0.158. The van der Waals surface area contributed by atoms with E-state index in [1.165, 1.54) is 0 Å². The summed E-state index contributed by atoms with van der Waals surface area (Å²) in [6.45, 7) is 3.16. The van der Waals surface area contributed by atoms with Gasteiger partial charge in [-0.05, 0) is 18.6 Å². The Balaban J connectivity index is 1.86. The lowest BCUT2D eigenvalue weighted by atomic mass is 9.89. The van der Waals surface area contributed by atoms with Crippen molar-refractivity contribution >= 4 is 11.9 Å². The Bertz CT molecular complexity index is 711. The van der Waals surface area contributed by atoms with Gasteiger partial charge in [0.25, 0.3) is 5.91 Å². The number of amides is 1. The third kappa shape index (κ3) is 2.84. The van der Waals surface area contributed by atoms with Crippen molar-refractivity contribution in [3.8, 4) is 0 Å². The molecule has 3 rings (SSSR count). The first-order valence-corrected chi connectivity index (χ1v) is 7.70. The molecule has 6 heteroatoms. The SMILES string of the molecule is CCn1nccc1C(=O)N1C[C@H](C(=O)O)[C@@H](c2ccccc2)C1.